The number of alkyl halides is 2. The average Bonchev–Trinajstić information content (AvgIpc) is 2.36. The quantitative estimate of drug-likeness (QED) is 0.722. The van der Waals surface area contributed by atoms with E-state index in [-0.39, 0.29) is 40.1 Å². The van der Waals surface area contributed by atoms with Gasteiger partial charge in [0.1, 0.15) is 0 Å². The van der Waals surface area contributed by atoms with Gasteiger partial charge in [0, 0.05) is 0 Å². The van der Waals surface area contributed by atoms with Gasteiger partial charge in [0.15, 0.2) is 11.5 Å². The Bertz CT molecular complexity index is 408. The maximum atomic E-state index is 12.5. The lowest BCUT2D eigenvalue weighted by Crippen LogP contribution is -2.25. The van der Waals surface area contributed by atoms with Crippen LogP contribution in [0.2, 0.25) is 0 Å². The van der Waals surface area contributed by atoms with Gasteiger partial charge in [-0.15, -0.1) is 8.78 Å². The minimum absolute atomic E-state index is 0. The maximum absolute atomic E-state index is 12.5. The molecule has 1 aliphatic rings. The molecule has 0 aliphatic carbocycles. The van der Waals surface area contributed by atoms with Crippen LogP contribution < -0.4 is 9.47 Å². The summed E-state index contributed by atoms with van der Waals surface area (Å²) in [4.78, 5) is 10.5. The molecule has 0 atom stereocenters. The minimum atomic E-state index is -3.71. The molecule has 0 fully saturated rings. The molecule has 15 heavy (non-hydrogen) atoms. The van der Waals surface area contributed by atoms with Gasteiger partial charge in [-0.05, 0) is 18.2 Å². The average molecular weight is 228 g/mol. The van der Waals surface area contributed by atoms with Gasteiger partial charge in [-0.25, -0.2) is 4.79 Å². The van der Waals surface area contributed by atoms with Crippen LogP contribution in [-0.4, -0.2) is 40.4 Å². The number of carboxylic acid groups (broad SMARTS) is 1. The Hall–Kier alpha value is -1.08. The van der Waals surface area contributed by atoms with Gasteiger partial charge in [-0.3, -0.25) is 0 Å². The molecule has 1 heterocycles. The smallest absolute Gasteiger partial charge is 0.478 e. The van der Waals surface area contributed by atoms with Crippen LogP contribution in [0.25, 0.3) is 0 Å². The van der Waals surface area contributed by atoms with Crippen molar-refractivity contribution in [3.8, 4) is 11.5 Å². The molecule has 1 aliphatic heterocycles. The zero-order chi connectivity index (χ0) is 10.3. The fourth-order valence-electron chi connectivity index (χ4n) is 1.08. The molecule has 0 radical (unpaired) electrons. The molecule has 0 saturated heterocycles. The second-order valence-corrected chi connectivity index (χ2v) is 2.63. The van der Waals surface area contributed by atoms with Crippen LogP contribution >= 0.6 is 0 Å². The second kappa shape index (κ2) is 3.82. The molecular formula is C8H6F2MgO4. The molecule has 0 amide bonds. The molecule has 2 rings (SSSR count). The fraction of sp³-hybridized carbons (Fsp3) is 0.125. The van der Waals surface area contributed by atoms with Crippen molar-refractivity contribution < 1.29 is 28.2 Å². The largest absolute Gasteiger partial charge is 0.586 e. The van der Waals surface area contributed by atoms with Crippen LogP contribution in [-0.2, 0) is 0 Å². The number of carboxylic acids is 1. The van der Waals surface area contributed by atoms with Crippen molar-refractivity contribution >= 4 is 29.0 Å². The number of fused-ring (bicyclic) bond motifs is 1. The fourth-order valence-corrected chi connectivity index (χ4v) is 1.08. The first-order valence-electron chi connectivity index (χ1n) is 3.61. The second-order valence-electron chi connectivity index (χ2n) is 2.63. The van der Waals surface area contributed by atoms with Crippen molar-refractivity contribution in [2.45, 2.75) is 6.29 Å². The molecule has 0 unspecified atom stereocenters. The zero-order valence-electron chi connectivity index (χ0n) is 6.66. The molecular weight excluding hydrogens is 222 g/mol. The summed E-state index contributed by atoms with van der Waals surface area (Å²) < 4.78 is 33.1. The van der Waals surface area contributed by atoms with E-state index in [1.807, 2.05) is 0 Å². The summed E-state index contributed by atoms with van der Waals surface area (Å²) in [6, 6.07) is 3.27. The van der Waals surface area contributed by atoms with E-state index in [2.05, 4.69) is 9.47 Å². The summed E-state index contributed by atoms with van der Waals surface area (Å²) in [7, 11) is 0. The predicted octanol–water partition coefficient (Wildman–Crippen LogP) is 0.790. The number of benzene rings is 1. The van der Waals surface area contributed by atoms with Crippen LogP contribution in [0, 0.1) is 0 Å². The Morgan fingerprint density at radius 3 is 2.47 bits per heavy atom. The lowest BCUT2D eigenvalue weighted by Gasteiger charge is -2.04. The van der Waals surface area contributed by atoms with Crippen LogP contribution in [0.4, 0.5) is 8.78 Å². The Labute approximate surface area is 98.9 Å². The van der Waals surface area contributed by atoms with E-state index in [0.29, 0.717) is 0 Å². The van der Waals surface area contributed by atoms with Crippen LogP contribution in [0.3, 0.4) is 0 Å². The van der Waals surface area contributed by atoms with E-state index in [1.54, 1.807) is 0 Å². The van der Waals surface area contributed by atoms with Gasteiger partial charge in [0.2, 0.25) is 0 Å². The number of aromatic carboxylic acids is 1. The number of halogens is 2. The Balaban J connectivity index is 0.00000112. The predicted molar refractivity (Wildman–Crippen MR) is 48.1 cm³/mol. The molecule has 7 heteroatoms. The van der Waals surface area contributed by atoms with E-state index < -0.39 is 12.3 Å². The molecule has 1 aromatic carbocycles. The van der Waals surface area contributed by atoms with Gasteiger partial charge >= 0.3 is 35.3 Å². The molecule has 0 bridgehead atoms. The highest BCUT2D eigenvalue weighted by atomic mass is 24.3. The standard InChI is InChI=1S/C8H4F2O4.Mg.2H/c9-8(10)13-5-2-1-4(7(11)12)3-6(5)14-8;;;/h1-3H,(H,11,12);;;. The number of hydrogen-bond donors (Lipinski definition) is 1. The number of carbonyl (C=O) groups is 1. The maximum Gasteiger partial charge on any atom is 0.586 e. The van der Waals surface area contributed by atoms with Crippen molar-refractivity contribution in [3.05, 3.63) is 23.8 Å². The first-order valence-corrected chi connectivity index (χ1v) is 3.61. The van der Waals surface area contributed by atoms with E-state index >= 15 is 0 Å². The molecule has 1 N–H and O–H groups in total. The Morgan fingerprint density at radius 1 is 1.27 bits per heavy atom. The lowest BCUT2D eigenvalue weighted by molar-refractivity contribution is -0.286. The van der Waals surface area contributed by atoms with Crippen molar-refractivity contribution in [2.24, 2.45) is 0 Å². The highest BCUT2D eigenvalue weighted by molar-refractivity contribution is 5.88. The normalized spacial score (nSPS) is 15.6. The number of rotatable bonds is 1. The molecule has 0 spiro atoms. The first kappa shape index (κ1) is 12.0. The highest BCUT2D eigenvalue weighted by Crippen LogP contribution is 2.41. The van der Waals surface area contributed by atoms with Gasteiger partial charge in [-0.2, -0.15) is 0 Å². The molecule has 0 aromatic heterocycles. The summed E-state index contributed by atoms with van der Waals surface area (Å²) in [5, 5.41) is 8.56. The SMILES string of the molecule is O=C(O)c1ccc2c(c1)OC(F)(F)O2.[MgH2]. The highest BCUT2D eigenvalue weighted by Gasteiger charge is 2.43. The van der Waals surface area contributed by atoms with Crippen molar-refractivity contribution in [3.63, 3.8) is 0 Å². The third-order valence-electron chi connectivity index (χ3n) is 1.65. The topological polar surface area (TPSA) is 55.8 Å². The summed E-state index contributed by atoms with van der Waals surface area (Å²) >= 11 is 0. The molecule has 4 nitrogen and oxygen atoms in total. The summed E-state index contributed by atoms with van der Waals surface area (Å²) in [6.07, 6.45) is -3.71. The van der Waals surface area contributed by atoms with Crippen LogP contribution in [0.5, 0.6) is 11.5 Å². The van der Waals surface area contributed by atoms with Gasteiger partial charge < -0.3 is 14.6 Å². The van der Waals surface area contributed by atoms with Gasteiger partial charge in [0.25, 0.3) is 0 Å². The van der Waals surface area contributed by atoms with Crippen LogP contribution in [0.1, 0.15) is 10.4 Å². The van der Waals surface area contributed by atoms with E-state index in [4.69, 9.17) is 5.11 Å². The van der Waals surface area contributed by atoms with Crippen molar-refractivity contribution in [1.82, 2.24) is 0 Å². The summed E-state index contributed by atoms with van der Waals surface area (Å²) in [6.45, 7) is 0. The third kappa shape index (κ3) is 2.29. The van der Waals surface area contributed by atoms with E-state index in [9.17, 15) is 13.6 Å². The Kier molecular flexibility index (Phi) is 3.05. The molecule has 1 aromatic rings. The monoisotopic (exact) mass is 228 g/mol. The van der Waals surface area contributed by atoms with Crippen molar-refractivity contribution in [2.75, 3.05) is 0 Å². The third-order valence-corrected chi connectivity index (χ3v) is 1.65. The minimum Gasteiger partial charge on any atom is -0.478 e. The van der Waals surface area contributed by atoms with Crippen LogP contribution in [0.15, 0.2) is 18.2 Å². The summed E-state index contributed by atoms with van der Waals surface area (Å²) in [5.41, 5.74) is -0.134. The van der Waals surface area contributed by atoms with Gasteiger partial charge in [0.05, 0.1) is 5.56 Å². The first-order chi connectivity index (χ1) is 6.48. The number of ether oxygens (including phenoxy) is 2. The molecule has 78 valence electrons. The number of hydrogen-bond acceptors (Lipinski definition) is 3. The lowest BCUT2D eigenvalue weighted by atomic mass is 10.2. The van der Waals surface area contributed by atoms with E-state index in [0.717, 1.165) is 18.2 Å². The Morgan fingerprint density at radius 2 is 1.87 bits per heavy atom. The zero-order valence-corrected chi connectivity index (χ0v) is 6.66. The van der Waals surface area contributed by atoms with Gasteiger partial charge in [-0.1, -0.05) is 0 Å². The molecule has 0 saturated carbocycles. The van der Waals surface area contributed by atoms with Crippen molar-refractivity contribution in [1.29, 1.82) is 0 Å². The summed E-state index contributed by atoms with van der Waals surface area (Å²) in [5.74, 6) is -1.65. The van der Waals surface area contributed by atoms with E-state index in [1.165, 1.54) is 0 Å².